The Morgan fingerprint density at radius 1 is 1.05 bits per heavy atom. The van der Waals surface area contributed by atoms with E-state index < -0.39 is 0 Å². The maximum atomic E-state index is 12.8. The zero-order valence-electron chi connectivity index (χ0n) is 10.9. The second-order valence-corrected chi connectivity index (χ2v) is 5.55. The predicted octanol–water partition coefficient (Wildman–Crippen LogP) is 2.97. The fourth-order valence-corrected chi connectivity index (χ4v) is 2.76. The van der Waals surface area contributed by atoms with E-state index in [1.807, 2.05) is 0 Å². The first kappa shape index (κ1) is 13.6. The molecule has 3 rings (SSSR count). The molecule has 0 saturated heterocycles. The van der Waals surface area contributed by atoms with Crippen LogP contribution in [0.2, 0.25) is 0 Å². The van der Waals surface area contributed by atoms with E-state index in [-0.39, 0.29) is 23.0 Å². The molecular formula is C15H11FN2O2S. The van der Waals surface area contributed by atoms with Crippen LogP contribution < -0.4 is 5.69 Å². The lowest BCUT2D eigenvalue weighted by molar-refractivity contribution is 0.102. The largest absolute Gasteiger partial charge is 0.323 e. The summed E-state index contributed by atoms with van der Waals surface area (Å²) in [6, 6.07) is 11.0. The summed E-state index contributed by atoms with van der Waals surface area (Å²) >= 11 is 1.35. The number of hydrogen-bond donors (Lipinski definition) is 2. The first-order valence-corrected chi connectivity index (χ1v) is 7.24. The van der Waals surface area contributed by atoms with Gasteiger partial charge in [0.2, 0.25) is 0 Å². The van der Waals surface area contributed by atoms with E-state index in [1.165, 1.54) is 23.9 Å². The summed E-state index contributed by atoms with van der Waals surface area (Å²) in [6.45, 7) is 0. The molecule has 0 bridgehead atoms. The van der Waals surface area contributed by atoms with Crippen molar-refractivity contribution in [3.63, 3.8) is 0 Å². The molecule has 1 aromatic heterocycles. The zero-order valence-corrected chi connectivity index (χ0v) is 11.7. The highest BCUT2D eigenvalue weighted by Gasteiger charge is 2.09. The van der Waals surface area contributed by atoms with Gasteiger partial charge >= 0.3 is 5.69 Å². The molecule has 6 heteroatoms. The van der Waals surface area contributed by atoms with Crippen LogP contribution in [-0.4, -0.2) is 21.5 Å². The van der Waals surface area contributed by atoms with E-state index in [4.69, 9.17) is 0 Å². The summed E-state index contributed by atoms with van der Waals surface area (Å²) in [5, 5.41) is 0. The van der Waals surface area contributed by atoms with Gasteiger partial charge in [-0.05, 0) is 42.5 Å². The average Bonchev–Trinajstić information content (AvgIpc) is 2.85. The predicted molar refractivity (Wildman–Crippen MR) is 80.4 cm³/mol. The Hall–Kier alpha value is -2.34. The highest BCUT2D eigenvalue weighted by Crippen LogP contribution is 2.20. The molecule has 0 unspecified atom stereocenters. The molecule has 0 aliphatic carbocycles. The number of benzene rings is 2. The first-order valence-electron chi connectivity index (χ1n) is 6.25. The van der Waals surface area contributed by atoms with Crippen LogP contribution in [0.15, 0.2) is 52.2 Å². The quantitative estimate of drug-likeness (QED) is 0.575. The van der Waals surface area contributed by atoms with Gasteiger partial charge < -0.3 is 9.97 Å². The molecule has 0 amide bonds. The number of fused-ring (bicyclic) bond motifs is 1. The van der Waals surface area contributed by atoms with Crippen LogP contribution in [0.3, 0.4) is 0 Å². The molecule has 0 saturated carbocycles. The van der Waals surface area contributed by atoms with E-state index in [1.54, 1.807) is 30.3 Å². The Balaban J connectivity index is 1.74. The third-order valence-electron chi connectivity index (χ3n) is 3.02. The van der Waals surface area contributed by atoms with Crippen molar-refractivity contribution in [2.75, 3.05) is 5.75 Å². The summed E-state index contributed by atoms with van der Waals surface area (Å²) in [4.78, 5) is 29.4. The van der Waals surface area contributed by atoms with E-state index in [2.05, 4.69) is 9.97 Å². The van der Waals surface area contributed by atoms with Crippen molar-refractivity contribution in [1.29, 1.82) is 0 Å². The molecule has 0 spiro atoms. The topological polar surface area (TPSA) is 65.7 Å². The van der Waals surface area contributed by atoms with Gasteiger partial charge in [-0.1, -0.05) is 0 Å². The van der Waals surface area contributed by atoms with Gasteiger partial charge in [0.05, 0.1) is 16.8 Å². The van der Waals surface area contributed by atoms with Crippen LogP contribution in [0.1, 0.15) is 10.4 Å². The molecule has 0 atom stereocenters. The molecular weight excluding hydrogens is 291 g/mol. The van der Waals surface area contributed by atoms with Crippen LogP contribution in [0.25, 0.3) is 11.0 Å². The number of rotatable bonds is 4. The highest BCUT2D eigenvalue weighted by atomic mass is 32.2. The number of aromatic nitrogens is 2. The molecule has 2 aromatic carbocycles. The van der Waals surface area contributed by atoms with Gasteiger partial charge in [-0.2, -0.15) is 0 Å². The van der Waals surface area contributed by atoms with Gasteiger partial charge in [0.15, 0.2) is 5.78 Å². The maximum absolute atomic E-state index is 12.8. The molecule has 21 heavy (non-hydrogen) atoms. The Bertz CT molecular complexity index is 852. The summed E-state index contributed by atoms with van der Waals surface area (Å²) < 4.78 is 12.8. The van der Waals surface area contributed by atoms with E-state index >= 15 is 0 Å². The molecule has 4 nitrogen and oxygen atoms in total. The minimum absolute atomic E-state index is 0.0479. The third kappa shape index (κ3) is 3.05. The molecule has 106 valence electrons. The molecule has 0 fully saturated rings. The number of thioether (sulfide) groups is 1. The van der Waals surface area contributed by atoms with Gasteiger partial charge in [-0.3, -0.25) is 4.79 Å². The number of nitrogens with one attached hydrogen (secondary N) is 2. The Kier molecular flexibility index (Phi) is 3.62. The fourth-order valence-electron chi connectivity index (χ4n) is 1.97. The molecule has 3 aromatic rings. The molecule has 2 N–H and O–H groups in total. The monoisotopic (exact) mass is 302 g/mol. The number of hydrogen-bond acceptors (Lipinski definition) is 3. The Morgan fingerprint density at radius 3 is 2.52 bits per heavy atom. The number of Topliss-reactive ketones (excluding diaryl/α,β-unsaturated/α-hetero) is 1. The fraction of sp³-hybridized carbons (Fsp3) is 0.0667. The number of carbonyl (C=O) groups excluding carboxylic acids is 1. The van der Waals surface area contributed by atoms with Crippen molar-refractivity contribution < 1.29 is 9.18 Å². The van der Waals surface area contributed by atoms with E-state index in [9.17, 15) is 14.0 Å². The smallest absolute Gasteiger partial charge is 0.306 e. The summed E-state index contributed by atoms with van der Waals surface area (Å²) in [7, 11) is 0. The molecule has 1 heterocycles. The normalized spacial score (nSPS) is 10.9. The van der Waals surface area contributed by atoms with Crippen LogP contribution in [0.4, 0.5) is 4.39 Å². The Morgan fingerprint density at radius 2 is 1.76 bits per heavy atom. The first-order chi connectivity index (χ1) is 10.1. The number of H-pyrrole nitrogens is 2. The second-order valence-electron chi connectivity index (χ2n) is 4.51. The van der Waals surface area contributed by atoms with Crippen LogP contribution in [0.5, 0.6) is 0 Å². The van der Waals surface area contributed by atoms with Crippen molar-refractivity contribution in [1.82, 2.24) is 9.97 Å². The lowest BCUT2D eigenvalue weighted by Gasteiger charge is -2.02. The molecule has 0 radical (unpaired) electrons. The molecule has 0 aliphatic heterocycles. The minimum atomic E-state index is -0.299. The minimum Gasteiger partial charge on any atom is -0.306 e. The van der Waals surface area contributed by atoms with Crippen molar-refractivity contribution >= 4 is 28.6 Å². The SMILES string of the molecule is O=C(CSc1ccc(F)cc1)c1ccc2[nH]c(=O)[nH]c2c1. The standard InChI is InChI=1S/C15H11FN2O2S/c16-10-2-4-11(5-3-10)21-8-14(19)9-1-6-12-13(7-9)18-15(20)17-12/h1-7H,8H2,(H2,17,18,20). The number of aromatic amines is 2. The number of halogens is 1. The second kappa shape index (κ2) is 5.57. The van der Waals surface area contributed by atoms with Gasteiger partial charge in [-0.15, -0.1) is 11.8 Å². The van der Waals surface area contributed by atoms with Crippen LogP contribution in [-0.2, 0) is 0 Å². The number of imidazole rings is 1. The highest BCUT2D eigenvalue weighted by molar-refractivity contribution is 8.00. The number of carbonyl (C=O) groups is 1. The average molecular weight is 302 g/mol. The van der Waals surface area contributed by atoms with Crippen molar-refractivity contribution in [2.24, 2.45) is 0 Å². The van der Waals surface area contributed by atoms with Crippen LogP contribution in [0, 0.1) is 5.82 Å². The van der Waals surface area contributed by atoms with Gasteiger partial charge in [0, 0.05) is 10.5 Å². The van der Waals surface area contributed by atoms with E-state index in [0.29, 0.717) is 16.6 Å². The van der Waals surface area contributed by atoms with Gasteiger partial charge in [0.1, 0.15) is 5.82 Å². The van der Waals surface area contributed by atoms with E-state index in [0.717, 1.165) is 4.90 Å². The van der Waals surface area contributed by atoms with Crippen LogP contribution >= 0.6 is 11.8 Å². The summed E-state index contributed by atoms with van der Waals surface area (Å²) in [6.07, 6.45) is 0. The van der Waals surface area contributed by atoms with Gasteiger partial charge in [-0.25, -0.2) is 9.18 Å². The lowest BCUT2D eigenvalue weighted by atomic mass is 10.1. The summed E-state index contributed by atoms with van der Waals surface area (Å²) in [5.41, 5.74) is 1.52. The summed E-state index contributed by atoms with van der Waals surface area (Å²) in [5.74, 6) is -0.0907. The van der Waals surface area contributed by atoms with Gasteiger partial charge in [0.25, 0.3) is 0 Å². The Labute approximate surface area is 123 Å². The lowest BCUT2D eigenvalue weighted by Crippen LogP contribution is -2.02. The molecule has 0 aliphatic rings. The third-order valence-corrected chi connectivity index (χ3v) is 4.03. The zero-order chi connectivity index (χ0) is 14.8. The number of ketones is 1. The van der Waals surface area contributed by atoms with Crippen molar-refractivity contribution in [3.8, 4) is 0 Å². The van der Waals surface area contributed by atoms with Crippen molar-refractivity contribution in [2.45, 2.75) is 4.90 Å². The van der Waals surface area contributed by atoms with Crippen molar-refractivity contribution in [3.05, 3.63) is 64.3 Å². The maximum Gasteiger partial charge on any atom is 0.323 e.